The van der Waals surface area contributed by atoms with Crippen LogP contribution in [-0.4, -0.2) is 37.0 Å². The average Bonchev–Trinajstić information content (AvgIpc) is 2.15. The van der Waals surface area contributed by atoms with Gasteiger partial charge in [-0.2, -0.15) is 11.8 Å². The Bertz CT molecular complexity index is 203. The molecule has 5 heteroatoms. The number of hydrogen-bond acceptors (Lipinski definition) is 4. The number of aliphatic imine (C=N–C) groups is 1. The number of hydrogen-bond donors (Lipinski definition) is 1. The van der Waals surface area contributed by atoms with Crippen molar-refractivity contribution in [2.75, 3.05) is 25.2 Å². The van der Waals surface area contributed by atoms with Gasteiger partial charge >= 0.3 is 5.97 Å². The lowest BCUT2D eigenvalue weighted by atomic mass is 10.2. The average molecular weight is 218 g/mol. The normalized spacial score (nSPS) is 13.8. The summed E-state index contributed by atoms with van der Waals surface area (Å²) in [5.74, 6) is 2.05. The molecule has 0 aromatic carbocycles. The Morgan fingerprint density at radius 3 is 2.79 bits per heavy atom. The molecule has 1 atom stereocenters. The molecule has 0 aromatic heterocycles. The third-order valence-electron chi connectivity index (χ3n) is 1.57. The van der Waals surface area contributed by atoms with E-state index in [0.717, 1.165) is 11.5 Å². The van der Waals surface area contributed by atoms with Crippen LogP contribution in [0.15, 0.2) is 4.99 Å². The fraction of sp³-hybridized carbons (Fsp3) is 0.778. The van der Waals surface area contributed by atoms with Gasteiger partial charge in [0.15, 0.2) is 0 Å². The summed E-state index contributed by atoms with van der Waals surface area (Å²) in [5.41, 5.74) is 5.37. The van der Waals surface area contributed by atoms with Crippen LogP contribution in [-0.2, 0) is 9.53 Å². The van der Waals surface area contributed by atoms with Crippen LogP contribution in [0.2, 0.25) is 0 Å². The van der Waals surface area contributed by atoms with E-state index in [9.17, 15) is 4.79 Å². The van der Waals surface area contributed by atoms with E-state index in [1.54, 1.807) is 18.7 Å². The van der Waals surface area contributed by atoms with Gasteiger partial charge in [-0.15, -0.1) is 0 Å². The third-order valence-corrected chi connectivity index (χ3v) is 2.78. The molecular weight excluding hydrogens is 200 g/mol. The molecule has 82 valence electrons. The zero-order valence-corrected chi connectivity index (χ0v) is 9.76. The Morgan fingerprint density at radius 1 is 1.64 bits per heavy atom. The van der Waals surface area contributed by atoms with Gasteiger partial charge in [-0.25, -0.2) is 0 Å². The molecule has 0 rings (SSSR count). The van der Waals surface area contributed by atoms with Crippen LogP contribution < -0.4 is 5.73 Å². The van der Waals surface area contributed by atoms with Crippen molar-refractivity contribution >= 4 is 23.6 Å². The Hall–Kier alpha value is -0.710. The maximum absolute atomic E-state index is 11.0. The molecule has 0 aliphatic rings. The number of amidine groups is 1. The van der Waals surface area contributed by atoms with Crippen LogP contribution in [0, 0.1) is 5.92 Å². The standard InChI is InChI=1S/C9H18N2O2S/c1-7(9(12)13-3)6-14-5-4-11-8(2)10/h7H,4-6H2,1-3H3,(H2,10,11). The van der Waals surface area contributed by atoms with Crippen LogP contribution >= 0.6 is 11.8 Å². The Labute approximate surface area is 89.3 Å². The van der Waals surface area contributed by atoms with Gasteiger partial charge in [0.25, 0.3) is 0 Å². The van der Waals surface area contributed by atoms with Gasteiger partial charge < -0.3 is 10.5 Å². The van der Waals surface area contributed by atoms with E-state index in [2.05, 4.69) is 9.73 Å². The summed E-state index contributed by atoms with van der Waals surface area (Å²) in [4.78, 5) is 15.0. The minimum Gasteiger partial charge on any atom is -0.469 e. The first-order valence-electron chi connectivity index (χ1n) is 4.50. The van der Waals surface area contributed by atoms with Crippen LogP contribution in [0.4, 0.5) is 0 Å². The van der Waals surface area contributed by atoms with Gasteiger partial charge in [-0.3, -0.25) is 9.79 Å². The largest absolute Gasteiger partial charge is 0.469 e. The second-order valence-corrected chi connectivity index (χ2v) is 4.17. The van der Waals surface area contributed by atoms with Gasteiger partial charge in [0, 0.05) is 18.1 Å². The van der Waals surface area contributed by atoms with E-state index in [0.29, 0.717) is 12.4 Å². The van der Waals surface area contributed by atoms with Crippen LogP contribution in [0.1, 0.15) is 13.8 Å². The van der Waals surface area contributed by atoms with Gasteiger partial charge in [0.05, 0.1) is 18.9 Å². The highest BCUT2D eigenvalue weighted by Gasteiger charge is 2.11. The van der Waals surface area contributed by atoms with Crippen LogP contribution in [0.3, 0.4) is 0 Å². The highest BCUT2D eigenvalue weighted by Crippen LogP contribution is 2.09. The van der Waals surface area contributed by atoms with Gasteiger partial charge in [-0.05, 0) is 6.92 Å². The summed E-state index contributed by atoms with van der Waals surface area (Å²) in [5, 5.41) is 0. The van der Waals surface area contributed by atoms with Gasteiger partial charge in [0.1, 0.15) is 0 Å². The topological polar surface area (TPSA) is 64.7 Å². The molecule has 0 spiro atoms. The summed E-state index contributed by atoms with van der Waals surface area (Å²) in [6.07, 6.45) is 0. The zero-order chi connectivity index (χ0) is 11.0. The molecule has 0 aliphatic heterocycles. The summed E-state index contributed by atoms with van der Waals surface area (Å²) >= 11 is 1.68. The van der Waals surface area contributed by atoms with E-state index in [-0.39, 0.29) is 11.9 Å². The van der Waals surface area contributed by atoms with Gasteiger partial charge in [0.2, 0.25) is 0 Å². The fourth-order valence-corrected chi connectivity index (χ4v) is 1.69. The zero-order valence-electron chi connectivity index (χ0n) is 8.95. The lowest BCUT2D eigenvalue weighted by Gasteiger charge is -2.07. The van der Waals surface area contributed by atoms with Gasteiger partial charge in [-0.1, -0.05) is 6.92 Å². The molecule has 0 amide bonds. The molecule has 0 saturated heterocycles. The Morgan fingerprint density at radius 2 is 2.29 bits per heavy atom. The first kappa shape index (κ1) is 13.3. The summed E-state index contributed by atoms with van der Waals surface area (Å²) < 4.78 is 4.61. The maximum Gasteiger partial charge on any atom is 0.309 e. The minimum atomic E-state index is -0.156. The SMILES string of the molecule is COC(=O)C(C)CSCCN=C(C)N. The van der Waals surface area contributed by atoms with Crippen LogP contribution in [0.25, 0.3) is 0 Å². The number of methoxy groups -OCH3 is 1. The predicted molar refractivity (Wildman–Crippen MR) is 60.7 cm³/mol. The van der Waals surface area contributed by atoms with Crippen molar-refractivity contribution in [3.8, 4) is 0 Å². The summed E-state index contributed by atoms with van der Waals surface area (Å²) in [7, 11) is 1.41. The lowest BCUT2D eigenvalue weighted by molar-refractivity contribution is -0.143. The fourth-order valence-electron chi connectivity index (χ4n) is 0.816. The van der Waals surface area contributed by atoms with E-state index in [4.69, 9.17) is 5.73 Å². The molecule has 4 nitrogen and oxygen atoms in total. The summed E-state index contributed by atoms with van der Waals surface area (Å²) in [6.45, 7) is 4.33. The molecule has 0 aliphatic carbocycles. The van der Waals surface area contributed by atoms with E-state index in [1.807, 2.05) is 6.92 Å². The Balaban J connectivity index is 3.45. The van der Waals surface area contributed by atoms with Crippen molar-refractivity contribution in [2.24, 2.45) is 16.6 Å². The Kier molecular flexibility index (Phi) is 7.28. The first-order valence-corrected chi connectivity index (χ1v) is 5.65. The molecule has 14 heavy (non-hydrogen) atoms. The van der Waals surface area contributed by atoms with Crippen LogP contribution in [0.5, 0.6) is 0 Å². The molecule has 0 radical (unpaired) electrons. The second-order valence-electron chi connectivity index (χ2n) is 3.02. The molecule has 2 N–H and O–H groups in total. The molecule has 0 fully saturated rings. The van der Waals surface area contributed by atoms with E-state index >= 15 is 0 Å². The number of carbonyl (C=O) groups excluding carboxylic acids is 1. The number of esters is 1. The van der Waals surface area contributed by atoms with Crippen molar-refractivity contribution in [3.63, 3.8) is 0 Å². The molecular formula is C9H18N2O2S. The van der Waals surface area contributed by atoms with E-state index < -0.39 is 0 Å². The molecule has 1 unspecified atom stereocenters. The number of nitrogens with two attached hydrogens (primary N) is 1. The molecule has 0 bridgehead atoms. The van der Waals surface area contributed by atoms with Crippen molar-refractivity contribution < 1.29 is 9.53 Å². The highest BCUT2D eigenvalue weighted by atomic mass is 32.2. The molecule has 0 saturated carbocycles. The highest BCUT2D eigenvalue weighted by molar-refractivity contribution is 7.99. The summed E-state index contributed by atoms with van der Waals surface area (Å²) in [6, 6.07) is 0. The molecule has 0 heterocycles. The van der Waals surface area contributed by atoms with Crippen molar-refractivity contribution in [3.05, 3.63) is 0 Å². The van der Waals surface area contributed by atoms with Crippen molar-refractivity contribution in [1.29, 1.82) is 0 Å². The second kappa shape index (κ2) is 7.67. The van der Waals surface area contributed by atoms with Crippen molar-refractivity contribution in [2.45, 2.75) is 13.8 Å². The monoisotopic (exact) mass is 218 g/mol. The number of rotatable bonds is 6. The number of nitrogens with zero attached hydrogens (tertiary/aromatic N) is 1. The lowest BCUT2D eigenvalue weighted by Crippen LogP contribution is -2.15. The molecule has 0 aromatic rings. The first-order chi connectivity index (χ1) is 6.57. The predicted octanol–water partition coefficient (Wildman–Crippen LogP) is 0.906. The third kappa shape index (κ3) is 6.77. The number of carbonyl (C=O) groups is 1. The number of thioether (sulfide) groups is 1. The quantitative estimate of drug-likeness (QED) is 0.311. The number of ether oxygens (including phenoxy) is 1. The maximum atomic E-state index is 11.0. The minimum absolute atomic E-state index is 0.0482. The smallest absolute Gasteiger partial charge is 0.309 e. The van der Waals surface area contributed by atoms with E-state index in [1.165, 1.54) is 7.11 Å². The van der Waals surface area contributed by atoms with Crippen molar-refractivity contribution in [1.82, 2.24) is 0 Å².